The number of nitrogens with zero attached hydrogens (tertiary/aromatic N) is 1. The molecule has 6 heteroatoms. The predicted octanol–water partition coefficient (Wildman–Crippen LogP) is 4.90. The number of hydrogen-bond donors (Lipinski definition) is 2. The van der Waals surface area contributed by atoms with Crippen LogP contribution in [-0.4, -0.2) is 23.3 Å². The Morgan fingerprint density at radius 1 is 1.10 bits per heavy atom. The molecule has 0 aliphatic rings. The van der Waals surface area contributed by atoms with Crippen molar-refractivity contribution in [3.63, 3.8) is 0 Å². The zero-order valence-electron chi connectivity index (χ0n) is 17.5. The van der Waals surface area contributed by atoms with E-state index in [1.165, 1.54) is 6.21 Å². The number of benzene rings is 3. The van der Waals surface area contributed by atoms with Crippen LogP contribution in [0.4, 0.5) is 0 Å². The molecule has 0 aromatic heterocycles. The molecule has 3 aromatic rings. The highest BCUT2D eigenvalue weighted by Crippen LogP contribution is 2.30. The van der Waals surface area contributed by atoms with Crippen molar-refractivity contribution in [3.05, 3.63) is 101 Å². The molecule has 5 nitrogen and oxygen atoms in total. The molecular weight excluding hydrogens is 412 g/mol. The quantitative estimate of drug-likeness (QED) is 0.389. The van der Waals surface area contributed by atoms with Gasteiger partial charge in [-0.05, 0) is 48.2 Å². The van der Waals surface area contributed by atoms with Crippen molar-refractivity contribution in [1.29, 1.82) is 0 Å². The van der Waals surface area contributed by atoms with Crippen LogP contribution in [0.1, 0.15) is 37.0 Å². The third-order valence-electron chi connectivity index (χ3n) is 4.95. The normalized spacial score (nSPS) is 12.5. The van der Waals surface area contributed by atoms with Crippen LogP contribution in [0.15, 0.2) is 84.0 Å². The van der Waals surface area contributed by atoms with Gasteiger partial charge < -0.3 is 9.84 Å². The minimum Gasteiger partial charge on any atom is -0.489 e. The van der Waals surface area contributed by atoms with E-state index >= 15 is 0 Å². The number of nitrogens with one attached hydrogen (secondary N) is 1. The summed E-state index contributed by atoms with van der Waals surface area (Å²) in [5.41, 5.74) is 2.15. The molecule has 1 amide bonds. The summed E-state index contributed by atoms with van der Waals surface area (Å²) in [6.45, 7) is 4.01. The standard InChI is InChI=1S/C25H25ClN2O3/c1-3-18(2)31-23-15-14-19(16-22(23)26)17-27-28-24(29)25(30,20-10-6-4-7-11-20)21-12-8-5-9-13-21/h4-18,30H,3H2,1-2H3,(H,28,29)/b27-17-/t18-/m1/s1. The molecule has 0 heterocycles. The number of carbonyl (C=O) groups is 1. The molecule has 31 heavy (non-hydrogen) atoms. The fourth-order valence-electron chi connectivity index (χ4n) is 3.03. The van der Waals surface area contributed by atoms with Gasteiger partial charge in [0.15, 0.2) is 5.60 Å². The second kappa shape index (κ2) is 10.2. The van der Waals surface area contributed by atoms with Crippen LogP contribution in [0.3, 0.4) is 0 Å². The zero-order chi connectivity index (χ0) is 22.3. The number of carbonyl (C=O) groups excluding carboxylic acids is 1. The second-order valence-electron chi connectivity index (χ2n) is 7.17. The fourth-order valence-corrected chi connectivity index (χ4v) is 3.26. The Labute approximate surface area is 187 Å². The summed E-state index contributed by atoms with van der Waals surface area (Å²) >= 11 is 6.29. The summed E-state index contributed by atoms with van der Waals surface area (Å²) < 4.78 is 5.76. The maximum absolute atomic E-state index is 13.0. The maximum Gasteiger partial charge on any atom is 0.281 e. The van der Waals surface area contributed by atoms with E-state index < -0.39 is 11.5 Å². The number of hydrogen-bond acceptors (Lipinski definition) is 4. The van der Waals surface area contributed by atoms with Crippen LogP contribution in [0.5, 0.6) is 5.75 Å². The first-order valence-electron chi connectivity index (χ1n) is 10.1. The van der Waals surface area contributed by atoms with Gasteiger partial charge >= 0.3 is 0 Å². The van der Waals surface area contributed by atoms with Crippen molar-refractivity contribution in [2.75, 3.05) is 0 Å². The highest BCUT2D eigenvalue weighted by molar-refractivity contribution is 6.32. The van der Waals surface area contributed by atoms with Gasteiger partial charge in [0.2, 0.25) is 0 Å². The zero-order valence-corrected chi connectivity index (χ0v) is 18.2. The average molecular weight is 437 g/mol. The van der Waals surface area contributed by atoms with E-state index in [0.29, 0.717) is 27.5 Å². The second-order valence-corrected chi connectivity index (χ2v) is 7.58. The van der Waals surface area contributed by atoms with Crippen molar-refractivity contribution in [1.82, 2.24) is 5.43 Å². The van der Waals surface area contributed by atoms with Gasteiger partial charge in [0.1, 0.15) is 5.75 Å². The van der Waals surface area contributed by atoms with E-state index in [1.807, 2.05) is 26.0 Å². The number of aliphatic hydroxyl groups is 1. The Bertz CT molecular complexity index is 1000. The lowest BCUT2D eigenvalue weighted by atomic mass is 9.85. The molecule has 0 saturated heterocycles. The molecule has 0 saturated carbocycles. The minimum atomic E-state index is -1.88. The molecule has 0 radical (unpaired) electrons. The molecule has 160 valence electrons. The molecular formula is C25H25ClN2O3. The van der Waals surface area contributed by atoms with Gasteiger partial charge in [-0.1, -0.05) is 79.2 Å². The smallest absolute Gasteiger partial charge is 0.281 e. The third-order valence-corrected chi connectivity index (χ3v) is 5.25. The molecule has 3 aromatic carbocycles. The van der Waals surface area contributed by atoms with Crippen molar-refractivity contribution in [2.24, 2.45) is 5.10 Å². The van der Waals surface area contributed by atoms with Crippen LogP contribution in [0, 0.1) is 0 Å². The van der Waals surface area contributed by atoms with E-state index in [-0.39, 0.29) is 6.10 Å². The summed E-state index contributed by atoms with van der Waals surface area (Å²) in [5, 5.41) is 15.9. The summed E-state index contributed by atoms with van der Waals surface area (Å²) in [7, 11) is 0. The van der Waals surface area contributed by atoms with Crippen LogP contribution in [-0.2, 0) is 10.4 Å². The largest absolute Gasteiger partial charge is 0.489 e. The summed E-state index contributed by atoms with van der Waals surface area (Å²) in [4.78, 5) is 13.0. The molecule has 0 aliphatic carbocycles. The molecule has 0 fully saturated rings. The Morgan fingerprint density at radius 2 is 1.68 bits per heavy atom. The van der Waals surface area contributed by atoms with Crippen LogP contribution in [0.2, 0.25) is 5.02 Å². The molecule has 0 aliphatic heterocycles. The number of amides is 1. The van der Waals surface area contributed by atoms with E-state index in [2.05, 4.69) is 10.5 Å². The highest BCUT2D eigenvalue weighted by Gasteiger charge is 2.39. The molecule has 1 atom stereocenters. The Kier molecular flexibility index (Phi) is 7.45. The molecule has 0 spiro atoms. The van der Waals surface area contributed by atoms with Gasteiger partial charge in [-0.25, -0.2) is 5.43 Å². The Hall–Kier alpha value is -3.15. The fraction of sp³-hybridized carbons (Fsp3) is 0.200. The maximum atomic E-state index is 13.0. The minimum absolute atomic E-state index is 0.0601. The number of halogens is 1. The first-order valence-corrected chi connectivity index (χ1v) is 10.5. The lowest BCUT2D eigenvalue weighted by Gasteiger charge is -2.27. The number of ether oxygens (including phenoxy) is 1. The highest BCUT2D eigenvalue weighted by atomic mass is 35.5. The van der Waals surface area contributed by atoms with Crippen LogP contribution in [0.25, 0.3) is 0 Å². The van der Waals surface area contributed by atoms with Crippen LogP contribution < -0.4 is 10.2 Å². The lowest BCUT2D eigenvalue weighted by molar-refractivity contribution is -0.136. The SMILES string of the molecule is CC[C@@H](C)Oc1ccc(/C=N\NC(=O)C(O)(c2ccccc2)c2ccccc2)cc1Cl. The van der Waals surface area contributed by atoms with E-state index in [4.69, 9.17) is 16.3 Å². The topological polar surface area (TPSA) is 70.9 Å². The van der Waals surface area contributed by atoms with Gasteiger partial charge in [0.25, 0.3) is 5.91 Å². The van der Waals surface area contributed by atoms with Crippen molar-refractivity contribution in [2.45, 2.75) is 32.0 Å². The average Bonchev–Trinajstić information content (AvgIpc) is 2.81. The van der Waals surface area contributed by atoms with E-state index in [0.717, 1.165) is 6.42 Å². The lowest BCUT2D eigenvalue weighted by Crippen LogP contribution is -2.43. The van der Waals surface area contributed by atoms with Crippen molar-refractivity contribution >= 4 is 23.7 Å². The molecule has 2 N–H and O–H groups in total. The first kappa shape index (κ1) is 22.5. The summed E-state index contributed by atoms with van der Waals surface area (Å²) in [6, 6.07) is 22.8. The predicted molar refractivity (Wildman–Crippen MR) is 123 cm³/mol. The molecule has 3 rings (SSSR count). The first-order chi connectivity index (χ1) is 14.9. The third kappa shape index (κ3) is 5.32. The Balaban J connectivity index is 1.79. The Morgan fingerprint density at radius 3 is 2.19 bits per heavy atom. The monoisotopic (exact) mass is 436 g/mol. The van der Waals surface area contributed by atoms with E-state index in [1.54, 1.807) is 66.7 Å². The summed E-state index contributed by atoms with van der Waals surface area (Å²) in [5.74, 6) is -0.0660. The molecule has 0 bridgehead atoms. The number of hydrazone groups is 1. The van der Waals surface area contributed by atoms with Gasteiger partial charge in [-0.15, -0.1) is 0 Å². The molecule has 0 unspecified atom stereocenters. The van der Waals surface area contributed by atoms with Gasteiger partial charge in [0, 0.05) is 0 Å². The van der Waals surface area contributed by atoms with Gasteiger partial charge in [-0.2, -0.15) is 5.10 Å². The number of rotatable bonds is 8. The summed E-state index contributed by atoms with van der Waals surface area (Å²) in [6.07, 6.45) is 2.40. The van der Waals surface area contributed by atoms with E-state index in [9.17, 15) is 9.90 Å². The van der Waals surface area contributed by atoms with Gasteiger partial charge in [-0.3, -0.25) is 4.79 Å². The van der Waals surface area contributed by atoms with Crippen molar-refractivity contribution in [3.8, 4) is 5.75 Å². The van der Waals surface area contributed by atoms with Crippen LogP contribution >= 0.6 is 11.6 Å². The van der Waals surface area contributed by atoms with Crippen molar-refractivity contribution < 1.29 is 14.6 Å². The van der Waals surface area contributed by atoms with Gasteiger partial charge in [0.05, 0.1) is 17.3 Å².